The van der Waals surface area contributed by atoms with Crippen molar-refractivity contribution < 1.29 is 14.4 Å². The third kappa shape index (κ3) is 3.22. The second kappa shape index (κ2) is 5.26. The van der Waals surface area contributed by atoms with E-state index in [9.17, 15) is 9.28 Å². The quantitative estimate of drug-likeness (QED) is 0.658. The zero-order valence-corrected chi connectivity index (χ0v) is 9.36. The summed E-state index contributed by atoms with van der Waals surface area (Å²) in [5, 5.41) is 8.59. The summed E-state index contributed by atoms with van der Waals surface area (Å²) in [7, 11) is 0. The molecule has 0 spiro atoms. The van der Waals surface area contributed by atoms with Crippen LogP contribution < -0.4 is 5.54 Å². The average molecular weight is 309 g/mol. The lowest BCUT2D eigenvalue weighted by atomic mass is 10.1. The Hall–Kier alpha value is -0.690. The number of carbonyl (C=O) groups is 1. The minimum atomic E-state index is -1.19. The van der Waals surface area contributed by atoms with Crippen LogP contribution in [0.25, 0.3) is 0 Å². The standard InChI is InChI=1S/C9H9FINO2/c10-12-8(9(13)14)5-6-1-3-7(11)4-2-6/h1-4,8,12H,5H2,(H,13,14)/t8-/m0/s1. The topological polar surface area (TPSA) is 49.3 Å². The molecule has 1 atom stereocenters. The molecule has 0 aliphatic heterocycles. The van der Waals surface area contributed by atoms with Gasteiger partial charge in [-0.2, -0.15) is 0 Å². The van der Waals surface area contributed by atoms with Crippen molar-refractivity contribution in [2.45, 2.75) is 12.5 Å². The summed E-state index contributed by atoms with van der Waals surface area (Å²) in [5.41, 5.74) is 2.06. The Morgan fingerprint density at radius 1 is 1.50 bits per heavy atom. The lowest BCUT2D eigenvalue weighted by molar-refractivity contribution is -0.140. The van der Waals surface area contributed by atoms with Crippen LogP contribution in [0.1, 0.15) is 5.56 Å². The van der Waals surface area contributed by atoms with Crippen LogP contribution in [0.2, 0.25) is 0 Å². The maximum absolute atomic E-state index is 12.0. The fraction of sp³-hybridized carbons (Fsp3) is 0.222. The Bertz CT molecular complexity index is 315. The van der Waals surface area contributed by atoms with E-state index in [0.717, 1.165) is 9.13 Å². The van der Waals surface area contributed by atoms with Gasteiger partial charge in [0.25, 0.3) is 0 Å². The van der Waals surface area contributed by atoms with Gasteiger partial charge in [-0.3, -0.25) is 4.79 Å². The van der Waals surface area contributed by atoms with Gasteiger partial charge in [0.2, 0.25) is 0 Å². The number of carboxylic acid groups (broad SMARTS) is 1. The summed E-state index contributed by atoms with van der Waals surface area (Å²) in [6.07, 6.45) is 0.142. The summed E-state index contributed by atoms with van der Waals surface area (Å²) in [6.45, 7) is 0. The summed E-state index contributed by atoms with van der Waals surface area (Å²) in [4.78, 5) is 10.5. The highest BCUT2D eigenvalue weighted by Crippen LogP contribution is 2.08. The molecule has 5 heteroatoms. The smallest absolute Gasteiger partial charge is 0.323 e. The van der Waals surface area contributed by atoms with Crippen molar-refractivity contribution in [1.29, 1.82) is 0 Å². The van der Waals surface area contributed by atoms with Gasteiger partial charge in [0.1, 0.15) is 6.04 Å². The molecule has 0 aromatic heterocycles. The highest BCUT2D eigenvalue weighted by Gasteiger charge is 2.16. The number of hydrogen-bond acceptors (Lipinski definition) is 2. The minimum Gasteiger partial charge on any atom is -0.480 e. The second-order valence-corrected chi connectivity index (χ2v) is 4.08. The molecule has 0 fully saturated rings. The molecule has 0 aliphatic rings. The fourth-order valence-corrected chi connectivity index (χ4v) is 1.39. The minimum absolute atomic E-state index is 0.142. The molecule has 1 rings (SSSR count). The van der Waals surface area contributed by atoms with Gasteiger partial charge in [0.15, 0.2) is 0 Å². The lowest BCUT2D eigenvalue weighted by Gasteiger charge is -2.08. The van der Waals surface area contributed by atoms with Crippen molar-refractivity contribution >= 4 is 28.6 Å². The maximum Gasteiger partial charge on any atom is 0.323 e. The van der Waals surface area contributed by atoms with Gasteiger partial charge in [0, 0.05) is 9.99 Å². The molecule has 0 aliphatic carbocycles. The van der Waals surface area contributed by atoms with Crippen molar-refractivity contribution in [2.24, 2.45) is 0 Å². The lowest BCUT2D eigenvalue weighted by Crippen LogP contribution is -2.33. The van der Waals surface area contributed by atoms with Gasteiger partial charge in [-0.15, -0.1) is 10.0 Å². The van der Waals surface area contributed by atoms with Crippen molar-refractivity contribution in [3.8, 4) is 0 Å². The van der Waals surface area contributed by atoms with Crippen LogP contribution >= 0.6 is 22.6 Å². The molecule has 0 radical (unpaired) electrons. The SMILES string of the molecule is O=C(O)[C@H](Cc1ccc(I)cc1)NF. The molecule has 2 N–H and O–H groups in total. The van der Waals surface area contributed by atoms with Gasteiger partial charge < -0.3 is 5.11 Å². The van der Waals surface area contributed by atoms with Crippen molar-refractivity contribution in [2.75, 3.05) is 0 Å². The molecule has 0 unspecified atom stereocenters. The molecular weight excluding hydrogens is 300 g/mol. The van der Waals surface area contributed by atoms with Crippen molar-refractivity contribution in [3.05, 3.63) is 33.4 Å². The van der Waals surface area contributed by atoms with Crippen LogP contribution in [0.4, 0.5) is 4.48 Å². The van der Waals surface area contributed by atoms with E-state index < -0.39 is 12.0 Å². The third-order valence-electron chi connectivity index (χ3n) is 1.78. The normalized spacial score (nSPS) is 12.4. The number of aliphatic carboxylic acids is 1. The Morgan fingerprint density at radius 3 is 2.50 bits per heavy atom. The first kappa shape index (κ1) is 11.4. The highest BCUT2D eigenvalue weighted by atomic mass is 127. The van der Waals surface area contributed by atoms with Gasteiger partial charge in [-0.25, -0.2) is 0 Å². The van der Waals surface area contributed by atoms with E-state index in [0.29, 0.717) is 0 Å². The molecule has 0 amide bonds. The first-order chi connectivity index (χ1) is 6.63. The molecule has 0 bridgehead atoms. The number of rotatable bonds is 4. The van der Waals surface area contributed by atoms with Gasteiger partial charge in [-0.1, -0.05) is 12.1 Å². The monoisotopic (exact) mass is 309 g/mol. The Labute approximate surface area is 94.4 Å². The van der Waals surface area contributed by atoms with E-state index >= 15 is 0 Å². The number of hydrogen-bond donors (Lipinski definition) is 2. The molecule has 14 heavy (non-hydrogen) atoms. The fourth-order valence-electron chi connectivity index (χ4n) is 1.03. The summed E-state index contributed by atoms with van der Waals surface area (Å²) in [5.74, 6) is -1.19. The van der Waals surface area contributed by atoms with Crippen LogP contribution in [-0.2, 0) is 11.2 Å². The van der Waals surface area contributed by atoms with Gasteiger partial charge in [0.05, 0.1) is 0 Å². The predicted octanol–water partition coefficient (Wildman–Crippen LogP) is 1.76. The van der Waals surface area contributed by atoms with E-state index in [1.54, 1.807) is 12.1 Å². The predicted molar refractivity (Wildman–Crippen MR) is 58.5 cm³/mol. The molecule has 76 valence electrons. The molecular formula is C9H9FINO2. The second-order valence-electron chi connectivity index (χ2n) is 2.83. The zero-order valence-electron chi connectivity index (χ0n) is 7.21. The number of halogens is 2. The first-order valence-electron chi connectivity index (χ1n) is 3.97. The summed E-state index contributed by atoms with van der Waals surface area (Å²) in [6, 6.07) is 6.11. The first-order valence-corrected chi connectivity index (χ1v) is 5.04. The van der Waals surface area contributed by atoms with Crippen LogP contribution in [0, 0.1) is 3.57 Å². The molecule has 1 aromatic carbocycles. The van der Waals surface area contributed by atoms with Crippen LogP contribution in [0.5, 0.6) is 0 Å². The highest BCUT2D eigenvalue weighted by molar-refractivity contribution is 14.1. The average Bonchev–Trinajstić information content (AvgIpc) is 2.16. The molecule has 0 heterocycles. The number of benzene rings is 1. The molecule has 0 saturated heterocycles. The van der Waals surface area contributed by atoms with Crippen LogP contribution in [0.15, 0.2) is 24.3 Å². The van der Waals surface area contributed by atoms with Crippen LogP contribution in [-0.4, -0.2) is 17.1 Å². The van der Waals surface area contributed by atoms with Gasteiger partial charge in [-0.05, 0) is 40.3 Å². The largest absolute Gasteiger partial charge is 0.480 e. The molecule has 1 aromatic rings. The van der Waals surface area contributed by atoms with Crippen molar-refractivity contribution in [1.82, 2.24) is 5.54 Å². The number of carboxylic acids is 1. The Kier molecular flexibility index (Phi) is 4.27. The Morgan fingerprint density at radius 2 is 2.07 bits per heavy atom. The third-order valence-corrected chi connectivity index (χ3v) is 2.50. The van der Waals surface area contributed by atoms with E-state index in [-0.39, 0.29) is 6.42 Å². The van der Waals surface area contributed by atoms with Crippen LogP contribution in [0.3, 0.4) is 0 Å². The molecule has 0 saturated carbocycles. The summed E-state index contributed by atoms with van der Waals surface area (Å²) < 4.78 is 13.1. The van der Waals surface area contributed by atoms with E-state index in [2.05, 4.69) is 22.6 Å². The van der Waals surface area contributed by atoms with E-state index in [1.165, 1.54) is 5.54 Å². The van der Waals surface area contributed by atoms with Crippen molar-refractivity contribution in [3.63, 3.8) is 0 Å². The number of nitrogens with one attached hydrogen (secondary N) is 1. The van der Waals surface area contributed by atoms with E-state index in [4.69, 9.17) is 5.11 Å². The maximum atomic E-state index is 12.0. The Balaban J connectivity index is 2.67. The zero-order chi connectivity index (χ0) is 10.6. The molecule has 3 nitrogen and oxygen atoms in total. The van der Waals surface area contributed by atoms with E-state index in [1.807, 2.05) is 12.1 Å². The van der Waals surface area contributed by atoms with Gasteiger partial charge >= 0.3 is 5.97 Å². The summed E-state index contributed by atoms with van der Waals surface area (Å²) >= 11 is 2.15.